The Balaban J connectivity index is 1.81. The van der Waals surface area contributed by atoms with Gasteiger partial charge < -0.3 is 9.30 Å². The average Bonchev–Trinajstić information content (AvgIpc) is 3.09. The summed E-state index contributed by atoms with van der Waals surface area (Å²) in [5.74, 6) is 1.53. The van der Waals surface area contributed by atoms with Gasteiger partial charge in [0, 0.05) is 6.54 Å². The van der Waals surface area contributed by atoms with Gasteiger partial charge in [-0.15, -0.1) is 0 Å². The fourth-order valence-electron chi connectivity index (χ4n) is 3.74. The van der Waals surface area contributed by atoms with Crippen molar-refractivity contribution in [3.8, 4) is 5.75 Å². The van der Waals surface area contributed by atoms with Crippen LogP contribution < -0.4 is 9.46 Å². The molecule has 3 aromatic carbocycles. The summed E-state index contributed by atoms with van der Waals surface area (Å²) in [6.07, 6.45) is 0. The highest BCUT2D eigenvalue weighted by molar-refractivity contribution is 7.92. The number of aromatic nitrogens is 2. The molecule has 0 aliphatic carbocycles. The van der Waals surface area contributed by atoms with Crippen LogP contribution in [0.3, 0.4) is 0 Å². The first-order chi connectivity index (χ1) is 16.0. The lowest BCUT2D eigenvalue weighted by Gasteiger charge is -2.15. The number of sulfonamides is 1. The van der Waals surface area contributed by atoms with E-state index in [4.69, 9.17) is 44.5 Å². The number of ether oxygens (including phenoxy) is 1. The molecule has 1 heterocycles. The zero-order chi connectivity index (χ0) is 24.8. The number of benzene rings is 3. The summed E-state index contributed by atoms with van der Waals surface area (Å²) in [5, 5.41) is 0.245. The van der Waals surface area contributed by atoms with Crippen LogP contribution in [0.15, 0.2) is 47.4 Å². The first-order valence-electron chi connectivity index (χ1n) is 10.3. The summed E-state index contributed by atoms with van der Waals surface area (Å²) in [5.41, 5.74) is 4.51. The van der Waals surface area contributed by atoms with Gasteiger partial charge in [-0.3, -0.25) is 4.72 Å². The number of imidazole rings is 1. The maximum Gasteiger partial charge on any atom is 0.263 e. The monoisotopic (exact) mass is 537 g/mol. The second kappa shape index (κ2) is 9.30. The summed E-state index contributed by atoms with van der Waals surface area (Å²) in [7, 11) is -2.45. The Morgan fingerprint density at radius 3 is 2.26 bits per heavy atom. The Kier molecular flexibility index (Phi) is 6.75. The highest BCUT2D eigenvalue weighted by Crippen LogP contribution is 2.36. The molecule has 34 heavy (non-hydrogen) atoms. The average molecular weight is 539 g/mol. The molecule has 0 bridgehead atoms. The van der Waals surface area contributed by atoms with Gasteiger partial charge in [0.15, 0.2) is 0 Å². The van der Waals surface area contributed by atoms with Gasteiger partial charge >= 0.3 is 0 Å². The van der Waals surface area contributed by atoms with E-state index >= 15 is 0 Å². The molecule has 0 aliphatic heterocycles. The minimum Gasteiger partial charge on any atom is -0.497 e. The number of halogens is 3. The Morgan fingerprint density at radius 1 is 0.971 bits per heavy atom. The third-order valence-electron chi connectivity index (χ3n) is 5.75. The van der Waals surface area contributed by atoms with Crippen LogP contribution in [0.2, 0.25) is 15.1 Å². The molecule has 0 amide bonds. The van der Waals surface area contributed by atoms with Gasteiger partial charge in [0.05, 0.1) is 33.4 Å². The smallest absolute Gasteiger partial charge is 0.263 e. The molecule has 10 heteroatoms. The number of nitrogens with zero attached hydrogens (tertiary/aromatic N) is 2. The van der Waals surface area contributed by atoms with Crippen molar-refractivity contribution in [2.45, 2.75) is 32.2 Å². The Bertz CT molecular complexity index is 1510. The summed E-state index contributed by atoms with van der Waals surface area (Å²) < 4.78 is 36.6. The molecule has 0 fully saturated rings. The van der Waals surface area contributed by atoms with Crippen molar-refractivity contribution in [2.75, 3.05) is 11.8 Å². The number of hydrogen-bond donors (Lipinski definition) is 1. The van der Waals surface area contributed by atoms with Gasteiger partial charge in [-0.1, -0.05) is 46.9 Å². The molecule has 4 aromatic rings. The number of hydrogen-bond acceptors (Lipinski definition) is 4. The second-order valence-corrected chi connectivity index (χ2v) is 10.8. The standard InChI is InChI=1S/C24H22Cl3N3O3S/c1-13-9-21-24(28-15(3)30(21)12-16-5-7-17(33-4)8-6-16)23(14(13)2)29-34(31,32)22-11-19(26)18(25)10-20(22)27/h5-11,29H,12H2,1-4H3. The van der Waals surface area contributed by atoms with Crippen molar-refractivity contribution in [3.05, 3.63) is 80.0 Å². The maximum atomic E-state index is 13.3. The number of rotatable bonds is 6. The van der Waals surface area contributed by atoms with E-state index in [0.29, 0.717) is 17.7 Å². The fourth-order valence-corrected chi connectivity index (χ4v) is 5.87. The van der Waals surface area contributed by atoms with E-state index in [1.807, 2.05) is 55.7 Å². The van der Waals surface area contributed by atoms with E-state index in [0.717, 1.165) is 33.8 Å². The van der Waals surface area contributed by atoms with Crippen LogP contribution in [-0.4, -0.2) is 25.1 Å². The molecule has 1 N–H and O–H groups in total. The zero-order valence-corrected chi connectivity index (χ0v) is 22.0. The zero-order valence-electron chi connectivity index (χ0n) is 18.9. The van der Waals surface area contributed by atoms with Crippen molar-refractivity contribution in [1.82, 2.24) is 9.55 Å². The van der Waals surface area contributed by atoms with Gasteiger partial charge in [0.2, 0.25) is 0 Å². The lowest BCUT2D eigenvalue weighted by molar-refractivity contribution is 0.414. The molecular weight excluding hydrogens is 517 g/mol. The highest BCUT2D eigenvalue weighted by Gasteiger charge is 2.24. The Hall–Kier alpha value is -2.45. The van der Waals surface area contributed by atoms with Crippen LogP contribution in [0.1, 0.15) is 22.5 Å². The molecule has 0 aliphatic rings. The minimum atomic E-state index is -4.07. The predicted molar refractivity (Wildman–Crippen MR) is 138 cm³/mol. The molecule has 0 saturated carbocycles. The van der Waals surface area contributed by atoms with E-state index in [-0.39, 0.29) is 20.0 Å². The topological polar surface area (TPSA) is 73.2 Å². The summed E-state index contributed by atoms with van der Waals surface area (Å²) in [6, 6.07) is 12.3. The van der Waals surface area contributed by atoms with Crippen LogP contribution in [0.5, 0.6) is 5.75 Å². The predicted octanol–water partition coefficient (Wildman–Crippen LogP) is 6.78. The number of aryl methyl sites for hydroxylation is 2. The number of anilines is 1. The molecule has 0 unspecified atom stereocenters. The first-order valence-corrected chi connectivity index (χ1v) is 12.9. The van der Waals surface area contributed by atoms with Gasteiger partial charge in [-0.2, -0.15) is 0 Å². The van der Waals surface area contributed by atoms with Crippen molar-refractivity contribution in [3.63, 3.8) is 0 Å². The molecule has 178 valence electrons. The normalized spacial score (nSPS) is 11.7. The SMILES string of the molecule is COc1ccc(Cn2c(C)nc3c(NS(=O)(=O)c4cc(Cl)c(Cl)cc4Cl)c(C)c(C)cc32)cc1. The van der Waals surface area contributed by atoms with Crippen molar-refractivity contribution >= 4 is 61.5 Å². The molecule has 1 aromatic heterocycles. The molecule has 0 radical (unpaired) electrons. The first kappa shape index (κ1) is 24.7. The van der Waals surface area contributed by atoms with Crippen LogP contribution in [0.4, 0.5) is 5.69 Å². The second-order valence-electron chi connectivity index (χ2n) is 7.96. The van der Waals surface area contributed by atoms with Crippen LogP contribution in [-0.2, 0) is 16.6 Å². The van der Waals surface area contributed by atoms with Crippen LogP contribution in [0, 0.1) is 20.8 Å². The number of methoxy groups -OCH3 is 1. The fraction of sp³-hybridized carbons (Fsp3) is 0.208. The lowest BCUT2D eigenvalue weighted by atomic mass is 10.1. The van der Waals surface area contributed by atoms with Crippen molar-refractivity contribution < 1.29 is 13.2 Å². The Labute approximate surface area is 213 Å². The Morgan fingerprint density at radius 2 is 1.62 bits per heavy atom. The van der Waals surface area contributed by atoms with E-state index in [2.05, 4.69) is 4.72 Å². The third-order valence-corrected chi connectivity index (χ3v) is 8.29. The summed E-state index contributed by atoms with van der Waals surface area (Å²) in [6.45, 7) is 6.24. The summed E-state index contributed by atoms with van der Waals surface area (Å²) in [4.78, 5) is 4.55. The quantitative estimate of drug-likeness (QED) is 0.275. The highest BCUT2D eigenvalue weighted by atomic mass is 35.5. The number of nitrogens with one attached hydrogen (secondary N) is 1. The van der Waals surface area contributed by atoms with Crippen LogP contribution >= 0.6 is 34.8 Å². The lowest BCUT2D eigenvalue weighted by Crippen LogP contribution is -2.15. The van der Waals surface area contributed by atoms with Crippen molar-refractivity contribution in [1.29, 1.82) is 0 Å². The molecule has 4 rings (SSSR count). The van der Waals surface area contributed by atoms with Gasteiger partial charge in [-0.05, 0) is 67.8 Å². The van der Waals surface area contributed by atoms with E-state index in [9.17, 15) is 8.42 Å². The van der Waals surface area contributed by atoms with Gasteiger partial charge in [-0.25, -0.2) is 13.4 Å². The van der Waals surface area contributed by atoms with Crippen molar-refractivity contribution in [2.24, 2.45) is 0 Å². The molecule has 0 spiro atoms. The number of fused-ring (bicyclic) bond motifs is 1. The molecule has 0 saturated heterocycles. The van der Waals surface area contributed by atoms with Crippen LogP contribution in [0.25, 0.3) is 11.0 Å². The maximum absolute atomic E-state index is 13.3. The van der Waals surface area contributed by atoms with Gasteiger partial charge in [0.1, 0.15) is 22.0 Å². The van der Waals surface area contributed by atoms with E-state index in [1.165, 1.54) is 12.1 Å². The third kappa shape index (κ3) is 4.58. The largest absolute Gasteiger partial charge is 0.497 e. The van der Waals surface area contributed by atoms with E-state index in [1.54, 1.807) is 7.11 Å². The molecule has 0 atom stereocenters. The molecule has 6 nitrogen and oxygen atoms in total. The molecular formula is C24H22Cl3N3O3S. The minimum absolute atomic E-state index is 0.0235. The van der Waals surface area contributed by atoms with Gasteiger partial charge in [0.25, 0.3) is 10.0 Å². The van der Waals surface area contributed by atoms with E-state index < -0.39 is 10.0 Å². The summed E-state index contributed by atoms with van der Waals surface area (Å²) >= 11 is 18.2.